The van der Waals surface area contributed by atoms with Crippen LogP contribution >= 0.6 is 0 Å². The Labute approximate surface area is 136 Å². The summed E-state index contributed by atoms with van der Waals surface area (Å²) in [6, 6.07) is -2.36. The summed E-state index contributed by atoms with van der Waals surface area (Å²) in [4.78, 5) is 47.2. The Balaban J connectivity index is 4.76. The summed E-state index contributed by atoms with van der Waals surface area (Å²) in [6.07, 6.45) is -0.702. The van der Waals surface area contributed by atoms with Crippen LogP contribution in [0, 0.1) is 0 Å². The Bertz CT molecular complexity index is 455. The summed E-state index contributed by atoms with van der Waals surface area (Å²) in [5.74, 6) is -1.98. The first kappa shape index (κ1) is 20.9. The summed E-state index contributed by atoms with van der Waals surface area (Å²) < 4.78 is 9.80. The third-order valence-electron chi connectivity index (χ3n) is 2.61. The van der Waals surface area contributed by atoms with E-state index >= 15 is 0 Å². The lowest BCUT2D eigenvalue weighted by atomic mass is 10.1. The third-order valence-corrected chi connectivity index (χ3v) is 2.61. The molecule has 0 aromatic heterocycles. The molecule has 2 amide bonds. The lowest BCUT2D eigenvalue weighted by Crippen LogP contribution is -2.53. The van der Waals surface area contributed by atoms with Gasteiger partial charge < -0.3 is 20.1 Å². The van der Waals surface area contributed by atoms with Crippen molar-refractivity contribution < 1.29 is 28.7 Å². The van der Waals surface area contributed by atoms with Crippen LogP contribution in [-0.2, 0) is 23.9 Å². The van der Waals surface area contributed by atoms with Gasteiger partial charge in [0.2, 0.25) is 5.91 Å². The summed E-state index contributed by atoms with van der Waals surface area (Å²) in [6.45, 7) is 9.74. The second kappa shape index (κ2) is 9.12. The summed E-state index contributed by atoms with van der Waals surface area (Å²) >= 11 is 0. The van der Waals surface area contributed by atoms with E-state index in [9.17, 15) is 19.2 Å². The van der Waals surface area contributed by atoms with Gasteiger partial charge in [-0.25, -0.2) is 9.59 Å². The van der Waals surface area contributed by atoms with Gasteiger partial charge in [0, 0.05) is 6.42 Å². The fourth-order valence-electron chi connectivity index (χ4n) is 1.52. The molecule has 0 aliphatic rings. The van der Waals surface area contributed by atoms with Crippen LogP contribution in [-0.4, -0.2) is 48.0 Å². The van der Waals surface area contributed by atoms with E-state index in [1.165, 1.54) is 6.92 Å². The zero-order valence-electron chi connectivity index (χ0n) is 14.5. The third kappa shape index (κ3) is 8.18. The zero-order valence-corrected chi connectivity index (χ0v) is 14.5. The molecule has 23 heavy (non-hydrogen) atoms. The minimum atomic E-state index is -1.38. The summed E-state index contributed by atoms with van der Waals surface area (Å²) in [7, 11) is 0. The van der Waals surface area contributed by atoms with E-state index in [4.69, 9.17) is 9.47 Å². The van der Waals surface area contributed by atoms with E-state index in [-0.39, 0.29) is 13.0 Å². The van der Waals surface area contributed by atoms with Crippen molar-refractivity contribution in [2.45, 2.75) is 65.6 Å². The molecular formula is C15H26N2O6. The number of ketones is 1. The molecule has 0 unspecified atom stereocenters. The predicted molar refractivity (Wildman–Crippen MR) is 82.7 cm³/mol. The first-order valence-corrected chi connectivity index (χ1v) is 7.51. The molecule has 0 spiro atoms. The van der Waals surface area contributed by atoms with Gasteiger partial charge in [-0.05, 0) is 34.6 Å². The van der Waals surface area contributed by atoms with Crippen molar-refractivity contribution in [1.82, 2.24) is 10.6 Å². The van der Waals surface area contributed by atoms with E-state index in [0.717, 1.165) is 0 Å². The van der Waals surface area contributed by atoms with Crippen molar-refractivity contribution in [1.29, 1.82) is 0 Å². The van der Waals surface area contributed by atoms with Crippen LogP contribution in [0.2, 0.25) is 0 Å². The minimum absolute atomic E-state index is 0.0671. The number of hydrogen-bond donors (Lipinski definition) is 2. The van der Waals surface area contributed by atoms with Crippen LogP contribution < -0.4 is 10.6 Å². The Morgan fingerprint density at radius 1 is 1.04 bits per heavy atom. The van der Waals surface area contributed by atoms with Crippen molar-refractivity contribution in [2.75, 3.05) is 6.61 Å². The highest BCUT2D eigenvalue weighted by Gasteiger charge is 2.30. The highest BCUT2D eigenvalue weighted by molar-refractivity contribution is 6.06. The molecule has 0 aromatic rings. The molecule has 2 N–H and O–H groups in total. The van der Waals surface area contributed by atoms with Crippen LogP contribution in [0.4, 0.5) is 4.79 Å². The average molecular weight is 330 g/mol. The fourth-order valence-corrected chi connectivity index (χ4v) is 1.52. The fraction of sp³-hybridized carbons (Fsp3) is 0.733. The first-order chi connectivity index (χ1) is 10.5. The Morgan fingerprint density at radius 2 is 1.61 bits per heavy atom. The van der Waals surface area contributed by atoms with E-state index in [1.54, 1.807) is 34.6 Å². The Hall–Kier alpha value is -2.12. The maximum absolute atomic E-state index is 12.0. The maximum Gasteiger partial charge on any atom is 0.408 e. The van der Waals surface area contributed by atoms with Crippen LogP contribution in [0.1, 0.15) is 48.0 Å². The lowest BCUT2D eigenvalue weighted by Gasteiger charge is -2.22. The molecule has 2 atom stereocenters. The molecule has 8 nitrogen and oxygen atoms in total. The van der Waals surface area contributed by atoms with Crippen molar-refractivity contribution >= 4 is 23.8 Å². The van der Waals surface area contributed by atoms with Crippen molar-refractivity contribution in [3.05, 3.63) is 0 Å². The summed E-state index contributed by atoms with van der Waals surface area (Å²) in [5, 5.41) is 4.62. The number of carbonyl (C=O) groups excluding carboxylic acids is 4. The lowest BCUT2D eigenvalue weighted by molar-refractivity contribution is -0.150. The van der Waals surface area contributed by atoms with Crippen LogP contribution in [0.3, 0.4) is 0 Å². The van der Waals surface area contributed by atoms with Crippen molar-refractivity contribution in [2.24, 2.45) is 0 Å². The van der Waals surface area contributed by atoms with Gasteiger partial charge in [0.15, 0.2) is 11.8 Å². The van der Waals surface area contributed by atoms with Gasteiger partial charge in [-0.3, -0.25) is 9.59 Å². The molecule has 0 aromatic carbocycles. The number of amides is 2. The van der Waals surface area contributed by atoms with Gasteiger partial charge >= 0.3 is 12.1 Å². The number of rotatable bonds is 7. The van der Waals surface area contributed by atoms with Crippen molar-refractivity contribution in [3.8, 4) is 0 Å². The standard InChI is InChI=1S/C15H26N2O6/c1-7-10(18)11(13(20)22-8-2)17-12(19)9(3)16-14(21)23-15(4,5)6/h9,11H,7-8H2,1-6H3,(H,16,21)(H,17,19)/t9-,11-/m0/s1. The molecule has 132 valence electrons. The molecule has 0 saturated carbocycles. The zero-order chi connectivity index (χ0) is 18.2. The molecule has 0 aliphatic heterocycles. The van der Waals surface area contributed by atoms with Gasteiger partial charge in [-0.15, -0.1) is 0 Å². The number of carbonyl (C=O) groups is 4. The largest absolute Gasteiger partial charge is 0.464 e. The SMILES string of the molecule is CCOC(=O)[C@@H](NC(=O)[C@H](C)NC(=O)OC(C)(C)C)C(=O)CC. The number of hydrogen-bond acceptors (Lipinski definition) is 6. The van der Waals surface area contributed by atoms with E-state index < -0.39 is 41.4 Å². The van der Waals surface area contributed by atoms with E-state index in [0.29, 0.717) is 0 Å². The number of nitrogens with one attached hydrogen (secondary N) is 2. The number of esters is 1. The topological polar surface area (TPSA) is 111 Å². The normalized spacial score (nSPS) is 13.5. The monoisotopic (exact) mass is 330 g/mol. The van der Waals surface area contributed by atoms with Gasteiger partial charge in [0.25, 0.3) is 0 Å². The minimum Gasteiger partial charge on any atom is -0.464 e. The maximum atomic E-state index is 12.0. The quantitative estimate of drug-likeness (QED) is 0.530. The Morgan fingerprint density at radius 3 is 2.04 bits per heavy atom. The molecule has 0 radical (unpaired) electrons. The van der Waals surface area contributed by atoms with E-state index in [1.807, 2.05) is 0 Å². The first-order valence-electron chi connectivity index (χ1n) is 7.51. The summed E-state index contributed by atoms with van der Waals surface area (Å²) in [5.41, 5.74) is -0.702. The molecule has 0 fully saturated rings. The van der Waals surface area contributed by atoms with Crippen LogP contribution in [0.5, 0.6) is 0 Å². The number of alkyl carbamates (subject to hydrolysis) is 1. The van der Waals surface area contributed by atoms with Crippen LogP contribution in [0.15, 0.2) is 0 Å². The molecule has 0 saturated heterocycles. The van der Waals surface area contributed by atoms with Crippen molar-refractivity contribution in [3.63, 3.8) is 0 Å². The molecule has 0 aliphatic carbocycles. The smallest absolute Gasteiger partial charge is 0.408 e. The Kier molecular flexibility index (Phi) is 8.28. The van der Waals surface area contributed by atoms with E-state index in [2.05, 4.69) is 10.6 Å². The highest BCUT2D eigenvalue weighted by atomic mass is 16.6. The molecular weight excluding hydrogens is 304 g/mol. The molecule has 8 heteroatoms. The molecule has 0 heterocycles. The van der Waals surface area contributed by atoms with Gasteiger partial charge in [0.1, 0.15) is 11.6 Å². The second-order valence-corrected chi connectivity index (χ2v) is 5.88. The predicted octanol–water partition coefficient (Wildman–Crippen LogP) is 0.927. The number of ether oxygens (including phenoxy) is 2. The average Bonchev–Trinajstić information content (AvgIpc) is 2.41. The molecule has 0 bridgehead atoms. The highest BCUT2D eigenvalue weighted by Crippen LogP contribution is 2.06. The van der Waals surface area contributed by atoms with Crippen LogP contribution in [0.25, 0.3) is 0 Å². The molecule has 0 rings (SSSR count). The number of Topliss-reactive ketones (excluding diaryl/α,β-unsaturated/α-hetero) is 1. The van der Waals surface area contributed by atoms with Gasteiger partial charge in [-0.1, -0.05) is 6.92 Å². The van der Waals surface area contributed by atoms with Gasteiger partial charge in [0.05, 0.1) is 6.61 Å². The van der Waals surface area contributed by atoms with Gasteiger partial charge in [-0.2, -0.15) is 0 Å². The second-order valence-electron chi connectivity index (χ2n) is 5.88.